The summed E-state index contributed by atoms with van der Waals surface area (Å²) < 4.78 is 28.0. The van der Waals surface area contributed by atoms with E-state index in [9.17, 15) is 18.0 Å². The van der Waals surface area contributed by atoms with Gasteiger partial charge in [0.1, 0.15) is 0 Å². The average Bonchev–Trinajstić information content (AvgIpc) is 3.04. The van der Waals surface area contributed by atoms with Crippen LogP contribution in [0.1, 0.15) is 42.5 Å². The second kappa shape index (κ2) is 13.8. The number of hydrogen-bond acceptors (Lipinski definition) is 6. The molecular weight excluding hydrogens is 552 g/mol. The van der Waals surface area contributed by atoms with Crippen LogP contribution >= 0.6 is 0 Å². The second-order valence-electron chi connectivity index (χ2n) is 10.9. The maximum Gasteiger partial charge on any atom is 0.295 e. The lowest BCUT2D eigenvalue weighted by Gasteiger charge is -2.37. The van der Waals surface area contributed by atoms with E-state index < -0.39 is 15.9 Å². The lowest BCUT2D eigenvalue weighted by molar-refractivity contribution is -0.131. The Morgan fingerprint density at radius 1 is 0.810 bits per heavy atom. The zero-order chi connectivity index (χ0) is 29.4. The molecule has 2 aliphatic rings. The van der Waals surface area contributed by atoms with Crippen LogP contribution in [0.15, 0.2) is 89.8 Å². The predicted octanol–water partition coefficient (Wildman–Crippen LogP) is 4.33. The molecule has 0 bridgehead atoms. The molecule has 1 N–H and O–H groups in total. The molecule has 3 aromatic carbocycles. The van der Waals surface area contributed by atoms with Crippen molar-refractivity contribution in [3.8, 4) is 5.75 Å². The van der Waals surface area contributed by atoms with Gasteiger partial charge in [-0.05, 0) is 67.3 Å². The van der Waals surface area contributed by atoms with Crippen LogP contribution in [0.3, 0.4) is 0 Å². The minimum Gasteiger partial charge on any atom is -0.364 e. The third kappa shape index (κ3) is 7.49. The van der Waals surface area contributed by atoms with E-state index in [0.29, 0.717) is 24.5 Å². The number of sulfonamides is 1. The van der Waals surface area contributed by atoms with Gasteiger partial charge in [0.2, 0.25) is 5.91 Å². The summed E-state index contributed by atoms with van der Waals surface area (Å²) in [7, 11) is -4.13. The van der Waals surface area contributed by atoms with Crippen molar-refractivity contribution in [2.75, 3.05) is 43.7 Å². The van der Waals surface area contributed by atoms with Crippen LogP contribution < -0.4 is 14.6 Å². The van der Waals surface area contributed by atoms with Crippen molar-refractivity contribution >= 4 is 27.5 Å². The van der Waals surface area contributed by atoms with Gasteiger partial charge in [0.15, 0.2) is 5.75 Å². The molecule has 2 amide bonds. The summed E-state index contributed by atoms with van der Waals surface area (Å²) in [4.78, 5) is 35.6. The highest BCUT2D eigenvalue weighted by Gasteiger charge is 2.28. The number of amides is 2. The van der Waals surface area contributed by atoms with Gasteiger partial charge in [-0.15, -0.1) is 0 Å². The highest BCUT2D eigenvalue weighted by Crippen LogP contribution is 2.27. The van der Waals surface area contributed by atoms with Crippen LogP contribution in [0.5, 0.6) is 5.75 Å². The van der Waals surface area contributed by atoms with Crippen molar-refractivity contribution in [3.63, 3.8) is 0 Å². The number of carbonyl (C=O) groups is 2. The van der Waals surface area contributed by atoms with E-state index in [2.05, 4.69) is 10.2 Å². The Hall–Kier alpha value is -3.89. The number of rotatable bonds is 10. The topological polar surface area (TPSA) is 99.3 Å². The van der Waals surface area contributed by atoms with E-state index in [4.69, 9.17) is 4.84 Å². The summed E-state index contributed by atoms with van der Waals surface area (Å²) >= 11 is 0. The van der Waals surface area contributed by atoms with Gasteiger partial charge in [-0.2, -0.15) is 8.42 Å². The van der Waals surface area contributed by atoms with Gasteiger partial charge in [0.25, 0.3) is 15.9 Å². The number of benzene rings is 3. The number of nitrogens with zero attached hydrogens (tertiary/aromatic N) is 3. The Balaban J connectivity index is 1.16. The Labute approximate surface area is 248 Å². The van der Waals surface area contributed by atoms with Crippen molar-refractivity contribution in [2.45, 2.75) is 37.0 Å². The Morgan fingerprint density at radius 3 is 2.07 bits per heavy atom. The first-order valence-electron chi connectivity index (χ1n) is 14.6. The molecular formula is C32H38N4O5S. The van der Waals surface area contributed by atoms with Gasteiger partial charge < -0.3 is 15.1 Å². The monoisotopic (exact) mass is 590 g/mol. The highest BCUT2D eigenvalue weighted by atomic mass is 32.2. The van der Waals surface area contributed by atoms with Gasteiger partial charge >= 0.3 is 0 Å². The van der Waals surface area contributed by atoms with Crippen molar-refractivity contribution in [1.29, 1.82) is 0 Å². The molecule has 1 saturated heterocycles. The minimum absolute atomic E-state index is 0.0407. The summed E-state index contributed by atoms with van der Waals surface area (Å²) in [6, 6.07) is 22.7. The molecule has 1 aliphatic heterocycles. The Bertz CT molecular complexity index is 1420. The molecule has 0 atom stereocenters. The molecule has 1 aliphatic carbocycles. The minimum atomic E-state index is -4.13. The van der Waals surface area contributed by atoms with Crippen LogP contribution in [-0.4, -0.2) is 69.3 Å². The molecule has 9 nitrogen and oxygen atoms in total. The maximum atomic E-state index is 13.6. The first kappa shape index (κ1) is 29.6. The first-order valence-corrected chi connectivity index (χ1v) is 16.1. The summed E-state index contributed by atoms with van der Waals surface area (Å²) in [5.41, 5.74) is 0.589. The fourth-order valence-corrected chi connectivity index (χ4v) is 6.78. The number of hydrogen-bond donors (Lipinski definition) is 1. The molecule has 3 aromatic rings. The molecule has 0 radical (unpaired) electrons. The summed E-state index contributed by atoms with van der Waals surface area (Å²) in [5.74, 6) is 0.579. The molecule has 222 valence electrons. The van der Waals surface area contributed by atoms with E-state index in [1.54, 1.807) is 59.5 Å². The molecule has 42 heavy (non-hydrogen) atoms. The molecule has 1 heterocycles. The fourth-order valence-electron chi connectivity index (χ4n) is 5.53. The number of nitrogens with one attached hydrogen (secondary N) is 1. The van der Waals surface area contributed by atoms with Crippen LogP contribution in [0.2, 0.25) is 0 Å². The normalized spacial score (nSPS) is 16.5. The smallest absolute Gasteiger partial charge is 0.295 e. The van der Waals surface area contributed by atoms with Crippen molar-refractivity contribution in [3.05, 3.63) is 90.5 Å². The summed E-state index contributed by atoms with van der Waals surface area (Å²) in [5, 5.41) is 2.68. The van der Waals surface area contributed by atoms with E-state index in [-0.39, 0.29) is 22.9 Å². The number of anilines is 1. The third-order valence-electron chi connectivity index (χ3n) is 7.90. The Kier molecular flexibility index (Phi) is 9.76. The molecule has 5 rings (SSSR count). The Morgan fingerprint density at radius 2 is 1.43 bits per heavy atom. The van der Waals surface area contributed by atoms with E-state index in [1.165, 1.54) is 56.4 Å². The quantitative estimate of drug-likeness (QED) is 0.353. The van der Waals surface area contributed by atoms with Crippen molar-refractivity contribution in [2.24, 2.45) is 5.92 Å². The molecule has 0 aromatic heterocycles. The number of para-hydroxylation sites is 2. The standard InChI is InChI=1S/C32H38N4O5S/c37-31(35-22-20-34(21-23-35)25-26-10-4-1-5-11-26)24-33-32(38)27-16-18-30(19-17-27)42(39,40)36(28-12-6-2-7-13-28)41-29-14-8-3-9-15-29/h2-3,6-9,12-19,26H,1,4-5,10-11,20-25H2,(H,33,38). The highest BCUT2D eigenvalue weighted by molar-refractivity contribution is 7.92. The van der Waals surface area contributed by atoms with Crippen molar-refractivity contribution in [1.82, 2.24) is 15.1 Å². The molecule has 2 fully saturated rings. The molecule has 1 saturated carbocycles. The van der Waals surface area contributed by atoms with Crippen LogP contribution in [0, 0.1) is 5.92 Å². The molecule has 0 spiro atoms. The fraction of sp³-hybridized carbons (Fsp3) is 0.375. The lowest BCUT2D eigenvalue weighted by Crippen LogP contribution is -2.52. The molecule has 0 unspecified atom stereocenters. The van der Waals surface area contributed by atoms with E-state index >= 15 is 0 Å². The van der Waals surface area contributed by atoms with E-state index in [1.807, 2.05) is 6.07 Å². The summed E-state index contributed by atoms with van der Waals surface area (Å²) in [6.07, 6.45) is 6.63. The third-order valence-corrected chi connectivity index (χ3v) is 9.49. The van der Waals surface area contributed by atoms with E-state index in [0.717, 1.165) is 30.0 Å². The maximum absolute atomic E-state index is 13.6. The second-order valence-corrected chi connectivity index (χ2v) is 12.6. The average molecular weight is 591 g/mol. The van der Waals surface area contributed by atoms with Crippen LogP contribution in [0.25, 0.3) is 0 Å². The van der Waals surface area contributed by atoms with Gasteiger partial charge in [-0.25, -0.2) is 0 Å². The zero-order valence-corrected chi connectivity index (χ0v) is 24.5. The molecule has 10 heteroatoms. The van der Waals surface area contributed by atoms with Gasteiger partial charge in [0, 0.05) is 38.3 Å². The van der Waals surface area contributed by atoms with Crippen LogP contribution in [-0.2, 0) is 14.8 Å². The lowest BCUT2D eigenvalue weighted by atomic mass is 9.89. The van der Waals surface area contributed by atoms with Gasteiger partial charge in [0.05, 0.1) is 17.1 Å². The number of carbonyl (C=O) groups excluding carboxylic acids is 2. The predicted molar refractivity (Wildman–Crippen MR) is 162 cm³/mol. The zero-order valence-electron chi connectivity index (χ0n) is 23.7. The van der Waals surface area contributed by atoms with Gasteiger partial charge in [-0.3, -0.25) is 14.5 Å². The van der Waals surface area contributed by atoms with Crippen molar-refractivity contribution < 1.29 is 22.8 Å². The first-order chi connectivity index (χ1) is 20.4. The number of piperazine rings is 1. The SMILES string of the molecule is O=C(NCC(=O)N1CCN(CC2CCCCC2)CC1)c1ccc(S(=O)(=O)N(Oc2ccccc2)c2ccccc2)cc1. The largest absolute Gasteiger partial charge is 0.364 e. The summed E-state index contributed by atoms with van der Waals surface area (Å²) in [6.45, 7) is 4.06. The van der Waals surface area contributed by atoms with Gasteiger partial charge in [-0.1, -0.05) is 60.1 Å². The van der Waals surface area contributed by atoms with Crippen LogP contribution in [0.4, 0.5) is 5.69 Å².